The summed E-state index contributed by atoms with van der Waals surface area (Å²) in [6, 6.07) is 23.6. The monoisotopic (exact) mass is 558 g/mol. The lowest BCUT2D eigenvalue weighted by molar-refractivity contribution is -0.118. The van der Waals surface area contributed by atoms with Crippen LogP contribution in [0.25, 0.3) is 10.8 Å². The second kappa shape index (κ2) is 10.6. The third-order valence-electron chi connectivity index (χ3n) is 6.40. The Balaban J connectivity index is 1.45. The summed E-state index contributed by atoms with van der Waals surface area (Å²) in [5, 5.41) is 8.08. The van der Waals surface area contributed by atoms with E-state index in [9.17, 15) is 9.59 Å². The Morgan fingerprint density at radius 3 is 2.62 bits per heavy atom. The second-order valence-electron chi connectivity index (χ2n) is 9.02. The molecule has 188 valence electrons. The minimum absolute atomic E-state index is 0.0324. The van der Waals surface area contributed by atoms with Crippen LogP contribution in [0.1, 0.15) is 36.0 Å². The van der Waals surface area contributed by atoms with Gasteiger partial charge >= 0.3 is 0 Å². The number of hydrogen-bond donors (Lipinski definition) is 2. The Bertz CT molecular complexity index is 1480. The van der Waals surface area contributed by atoms with Crippen molar-refractivity contribution in [2.24, 2.45) is 0 Å². The predicted molar refractivity (Wildman–Crippen MR) is 150 cm³/mol. The summed E-state index contributed by atoms with van der Waals surface area (Å²) in [6.45, 7) is 4.13. The molecule has 2 N–H and O–H groups in total. The van der Waals surface area contributed by atoms with E-state index in [2.05, 4.69) is 38.7 Å². The summed E-state index contributed by atoms with van der Waals surface area (Å²) in [6.07, 6.45) is 0.318. The van der Waals surface area contributed by atoms with Crippen LogP contribution in [0.2, 0.25) is 0 Å². The fraction of sp³-hybridized carbons (Fsp3) is 0.200. The molecule has 1 heterocycles. The van der Waals surface area contributed by atoms with Crippen LogP contribution in [0.15, 0.2) is 77.3 Å². The van der Waals surface area contributed by atoms with Crippen molar-refractivity contribution >= 4 is 49.9 Å². The first-order chi connectivity index (χ1) is 17.9. The molecular weight excluding hydrogens is 532 g/mol. The lowest BCUT2D eigenvalue weighted by atomic mass is 9.82. The van der Waals surface area contributed by atoms with Crippen LogP contribution >= 0.6 is 15.9 Å². The summed E-state index contributed by atoms with van der Waals surface area (Å²) in [5.41, 5.74) is 4.66. The first kappa shape index (κ1) is 24.8. The van der Waals surface area contributed by atoms with Gasteiger partial charge in [0.15, 0.2) is 18.1 Å². The van der Waals surface area contributed by atoms with Gasteiger partial charge in [-0.1, -0.05) is 48.0 Å². The van der Waals surface area contributed by atoms with E-state index in [0.717, 1.165) is 33.2 Å². The molecule has 0 saturated carbocycles. The molecule has 6 nitrogen and oxygen atoms in total. The first-order valence-electron chi connectivity index (χ1n) is 12.2. The van der Waals surface area contributed by atoms with Gasteiger partial charge in [0.1, 0.15) is 0 Å². The van der Waals surface area contributed by atoms with E-state index < -0.39 is 0 Å². The van der Waals surface area contributed by atoms with E-state index >= 15 is 0 Å². The van der Waals surface area contributed by atoms with Gasteiger partial charge in [-0.25, -0.2) is 0 Å². The molecule has 1 aliphatic rings. The maximum atomic E-state index is 12.6. The zero-order chi connectivity index (χ0) is 25.9. The maximum absolute atomic E-state index is 12.6. The molecule has 0 aliphatic carbocycles. The molecule has 0 saturated heterocycles. The molecular formula is C30H27BrN2O4. The zero-order valence-corrected chi connectivity index (χ0v) is 22.2. The number of carbonyl (C=O) groups is 2. The van der Waals surface area contributed by atoms with Crippen molar-refractivity contribution < 1.29 is 19.1 Å². The standard InChI is InChI=1S/C30H27BrN2O4/c1-3-36-26-15-20(14-24(31)30(26)37-17-28(35)32-21-11-8-18(2)9-12-21)23-16-27(34)33-25-13-10-19-6-4-5-7-22(19)29(23)25/h4-15,23H,3,16-17H2,1-2H3,(H,32,35)(H,33,34)/t23-/m1/s1. The number of carbonyl (C=O) groups excluding carboxylic acids is 2. The molecule has 2 amide bonds. The van der Waals surface area contributed by atoms with Crippen LogP contribution in [-0.4, -0.2) is 25.0 Å². The van der Waals surface area contributed by atoms with Gasteiger partial charge in [-0.15, -0.1) is 0 Å². The molecule has 4 aromatic rings. The number of fused-ring (bicyclic) bond motifs is 3. The molecule has 0 unspecified atom stereocenters. The summed E-state index contributed by atoms with van der Waals surface area (Å²) < 4.78 is 12.5. The van der Waals surface area contributed by atoms with E-state index in [-0.39, 0.29) is 24.3 Å². The summed E-state index contributed by atoms with van der Waals surface area (Å²) in [4.78, 5) is 25.2. The van der Waals surface area contributed by atoms with Crippen LogP contribution in [0.5, 0.6) is 11.5 Å². The van der Waals surface area contributed by atoms with Gasteiger partial charge in [0, 0.05) is 23.7 Å². The highest BCUT2D eigenvalue weighted by molar-refractivity contribution is 9.10. The molecule has 0 fully saturated rings. The summed E-state index contributed by atoms with van der Waals surface area (Å²) in [7, 11) is 0. The fourth-order valence-corrected chi connectivity index (χ4v) is 5.29. The van der Waals surface area contributed by atoms with E-state index in [4.69, 9.17) is 9.47 Å². The highest BCUT2D eigenvalue weighted by Gasteiger charge is 2.30. The van der Waals surface area contributed by atoms with E-state index in [1.807, 2.05) is 74.5 Å². The first-order valence-corrected chi connectivity index (χ1v) is 13.0. The van der Waals surface area contributed by atoms with Crippen molar-refractivity contribution in [1.29, 1.82) is 0 Å². The largest absolute Gasteiger partial charge is 0.490 e. The molecule has 7 heteroatoms. The van der Waals surface area contributed by atoms with E-state index in [0.29, 0.717) is 34.7 Å². The van der Waals surface area contributed by atoms with Crippen LogP contribution in [0.3, 0.4) is 0 Å². The van der Waals surface area contributed by atoms with Gasteiger partial charge in [0.25, 0.3) is 5.91 Å². The zero-order valence-electron chi connectivity index (χ0n) is 20.6. The summed E-state index contributed by atoms with van der Waals surface area (Å²) >= 11 is 3.63. The lowest BCUT2D eigenvalue weighted by Crippen LogP contribution is -2.24. The maximum Gasteiger partial charge on any atom is 0.262 e. The number of anilines is 2. The lowest BCUT2D eigenvalue weighted by Gasteiger charge is -2.28. The Hall–Kier alpha value is -3.84. The Morgan fingerprint density at radius 1 is 1.05 bits per heavy atom. The molecule has 0 radical (unpaired) electrons. The molecule has 5 rings (SSSR count). The van der Waals surface area contributed by atoms with Crippen molar-refractivity contribution in [1.82, 2.24) is 0 Å². The van der Waals surface area contributed by atoms with Crippen molar-refractivity contribution in [3.05, 3.63) is 94.0 Å². The molecule has 37 heavy (non-hydrogen) atoms. The van der Waals surface area contributed by atoms with Crippen LogP contribution in [-0.2, 0) is 9.59 Å². The highest BCUT2D eigenvalue weighted by Crippen LogP contribution is 2.45. The predicted octanol–water partition coefficient (Wildman–Crippen LogP) is 6.80. The molecule has 1 aliphatic heterocycles. The highest BCUT2D eigenvalue weighted by atomic mass is 79.9. The topological polar surface area (TPSA) is 76.7 Å². The van der Waals surface area contributed by atoms with Crippen LogP contribution in [0, 0.1) is 6.92 Å². The third kappa shape index (κ3) is 5.32. The molecule has 4 aromatic carbocycles. The van der Waals surface area contributed by atoms with Gasteiger partial charge in [0.05, 0.1) is 11.1 Å². The molecule has 1 atom stereocenters. The number of ether oxygens (including phenoxy) is 2. The third-order valence-corrected chi connectivity index (χ3v) is 6.99. The van der Waals surface area contributed by atoms with Crippen molar-refractivity contribution in [3.8, 4) is 11.5 Å². The number of rotatable bonds is 7. The summed E-state index contributed by atoms with van der Waals surface area (Å²) in [5.74, 6) is 0.497. The molecule has 0 aromatic heterocycles. The average molecular weight is 559 g/mol. The number of amides is 2. The van der Waals surface area contributed by atoms with Crippen molar-refractivity contribution in [2.45, 2.75) is 26.2 Å². The van der Waals surface area contributed by atoms with E-state index in [1.165, 1.54) is 0 Å². The number of aryl methyl sites for hydroxylation is 1. The normalized spacial score (nSPS) is 14.6. The number of nitrogens with one attached hydrogen (secondary N) is 2. The quantitative estimate of drug-likeness (QED) is 0.261. The van der Waals surface area contributed by atoms with Crippen molar-refractivity contribution in [3.63, 3.8) is 0 Å². The minimum Gasteiger partial charge on any atom is -0.490 e. The van der Waals surface area contributed by atoms with E-state index in [1.54, 1.807) is 0 Å². The Kier molecular flexibility index (Phi) is 7.15. The van der Waals surface area contributed by atoms with Crippen LogP contribution < -0.4 is 20.1 Å². The number of halogens is 1. The van der Waals surface area contributed by atoms with Crippen LogP contribution in [0.4, 0.5) is 11.4 Å². The number of benzene rings is 4. The Labute approximate surface area is 224 Å². The van der Waals surface area contributed by atoms with Gasteiger partial charge in [-0.05, 0) is 82.0 Å². The van der Waals surface area contributed by atoms with Gasteiger partial charge in [0.2, 0.25) is 5.91 Å². The fourth-order valence-electron chi connectivity index (χ4n) is 4.72. The van der Waals surface area contributed by atoms with Crippen molar-refractivity contribution in [2.75, 3.05) is 23.8 Å². The van der Waals surface area contributed by atoms with Gasteiger partial charge in [-0.2, -0.15) is 0 Å². The SMILES string of the molecule is CCOc1cc([C@H]2CC(=O)Nc3ccc4ccccc4c32)cc(Br)c1OCC(=O)Nc1ccc(C)cc1. The van der Waals surface area contributed by atoms with Gasteiger partial charge in [-0.3, -0.25) is 9.59 Å². The number of hydrogen-bond acceptors (Lipinski definition) is 4. The Morgan fingerprint density at radius 2 is 1.84 bits per heavy atom. The minimum atomic E-state index is -0.272. The average Bonchev–Trinajstić information content (AvgIpc) is 2.89. The second-order valence-corrected chi connectivity index (χ2v) is 9.87. The van der Waals surface area contributed by atoms with Gasteiger partial charge < -0.3 is 20.1 Å². The molecule has 0 bridgehead atoms. The molecule has 0 spiro atoms. The smallest absolute Gasteiger partial charge is 0.262 e.